The lowest BCUT2D eigenvalue weighted by atomic mass is 9.89. The maximum Gasteiger partial charge on any atom is 0.342 e. The molecule has 0 aromatic rings. The predicted molar refractivity (Wildman–Crippen MR) is 68.2 cm³/mol. The van der Waals surface area contributed by atoms with Gasteiger partial charge in [0.15, 0.2) is 11.4 Å². The highest BCUT2D eigenvalue weighted by Crippen LogP contribution is 2.31. The fourth-order valence-electron chi connectivity index (χ4n) is 1.28. The third kappa shape index (κ3) is 4.10. The summed E-state index contributed by atoms with van der Waals surface area (Å²) >= 11 is 1.58. The number of nitrogens with two attached hydrogens (primary N) is 3. The summed E-state index contributed by atoms with van der Waals surface area (Å²) in [6.45, 7) is 0. The molecular formula is C9H20ClN3O2S. The molecule has 0 saturated heterocycles. The van der Waals surface area contributed by atoms with Crippen LogP contribution in [0.3, 0.4) is 0 Å². The number of esters is 1. The zero-order valence-electron chi connectivity index (χ0n) is 9.40. The normalized spacial score (nSPS) is 18.2. The van der Waals surface area contributed by atoms with Crippen molar-refractivity contribution in [1.29, 1.82) is 0 Å². The van der Waals surface area contributed by atoms with Crippen molar-refractivity contribution in [1.82, 2.24) is 0 Å². The van der Waals surface area contributed by atoms with E-state index in [0.717, 1.165) is 12.2 Å². The van der Waals surface area contributed by atoms with Crippen LogP contribution in [0, 0.1) is 0 Å². The van der Waals surface area contributed by atoms with Gasteiger partial charge < -0.3 is 16.2 Å². The quantitative estimate of drug-likeness (QED) is 0.485. The van der Waals surface area contributed by atoms with Crippen molar-refractivity contribution < 1.29 is 9.53 Å². The third-order valence-electron chi connectivity index (χ3n) is 2.60. The second-order valence-electron chi connectivity index (χ2n) is 4.09. The van der Waals surface area contributed by atoms with Crippen LogP contribution >= 0.6 is 24.2 Å². The Morgan fingerprint density at radius 1 is 1.50 bits per heavy atom. The molecule has 1 aliphatic carbocycles. The van der Waals surface area contributed by atoms with Crippen molar-refractivity contribution in [3.05, 3.63) is 0 Å². The fourth-order valence-corrected chi connectivity index (χ4v) is 1.82. The topological polar surface area (TPSA) is 104 Å². The summed E-state index contributed by atoms with van der Waals surface area (Å²) in [5.74, 6) is 0.124. The highest BCUT2D eigenvalue weighted by Gasteiger charge is 2.41. The van der Waals surface area contributed by atoms with E-state index in [1.54, 1.807) is 11.8 Å². The monoisotopic (exact) mass is 269 g/mol. The summed E-state index contributed by atoms with van der Waals surface area (Å²) in [6.07, 6.45) is 4.69. The van der Waals surface area contributed by atoms with Crippen molar-refractivity contribution in [3.8, 4) is 0 Å². The number of hydrogen-bond donors (Lipinski definition) is 3. The average Bonchev–Trinajstić information content (AvgIpc) is 2.12. The van der Waals surface area contributed by atoms with Gasteiger partial charge in [0.1, 0.15) is 0 Å². The molecule has 96 valence electrons. The molecule has 0 unspecified atom stereocenters. The number of hydrogen-bond acceptors (Lipinski definition) is 6. The van der Waals surface area contributed by atoms with Crippen molar-refractivity contribution >= 4 is 30.1 Å². The van der Waals surface area contributed by atoms with Gasteiger partial charge in [-0.25, -0.2) is 4.79 Å². The van der Waals surface area contributed by atoms with Gasteiger partial charge in [0, 0.05) is 12.8 Å². The molecule has 0 spiro atoms. The van der Waals surface area contributed by atoms with Crippen molar-refractivity contribution in [2.45, 2.75) is 37.1 Å². The molecular weight excluding hydrogens is 250 g/mol. The highest BCUT2D eigenvalue weighted by atomic mass is 35.5. The minimum absolute atomic E-state index is 0. The Balaban J connectivity index is 0.00000225. The SMILES string of the molecule is CSCCC(N)(N)C(=O)OC1(N)CCC1.Cl. The van der Waals surface area contributed by atoms with Gasteiger partial charge in [-0.15, -0.1) is 12.4 Å². The van der Waals surface area contributed by atoms with E-state index in [1.165, 1.54) is 0 Å². The summed E-state index contributed by atoms with van der Waals surface area (Å²) in [4.78, 5) is 11.6. The molecule has 1 rings (SSSR count). The summed E-state index contributed by atoms with van der Waals surface area (Å²) in [5.41, 5.74) is 14.9. The molecule has 6 N–H and O–H groups in total. The largest absolute Gasteiger partial charge is 0.442 e. The molecule has 0 atom stereocenters. The van der Waals surface area contributed by atoms with Gasteiger partial charge >= 0.3 is 5.97 Å². The Morgan fingerprint density at radius 2 is 2.06 bits per heavy atom. The number of halogens is 1. The second-order valence-corrected chi connectivity index (χ2v) is 5.08. The molecule has 16 heavy (non-hydrogen) atoms. The summed E-state index contributed by atoms with van der Waals surface area (Å²) in [5, 5.41) is 0. The van der Waals surface area contributed by atoms with Crippen molar-refractivity contribution in [2.24, 2.45) is 17.2 Å². The molecule has 5 nitrogen and oxygen atoms in total. The summed E-state index contributed by atoms with van der Waals surface area (Å²) < 4.78 is 5.12. The maximum absolute atomic E-state index is 11.6. The lowest BCUT2D eigenvalue weighted by Crippen LogP contribution is -2.62. The van der Waals surface area contributed by atoms with Crippen LogP contribution in [0.25, 0.3) is 0 Å². The number of ether oxygens (including phenoxy) is 1. The van der Waals surface area contributed by atoms with Gasteiger partial charge in [-0.3, -0.25) is 5.73 Å². The average molecular weight is 270 g/mol. The van der Waals surface area contributed by atoms with E-state index < -0.39 is 17.4 Å². The minimum Gasteiger partial charge on any atom is -0.442 e. The molecule has 0 heterocycles. The van der Waals surface area contributed by atoms with Crippen molar-refractivity contribution in [2.75, 3.05) is 12.0 Å². The van der Waals surface area contributed by atoms with E-state index in [1.807, 2.05) is 6.26 Å². The van der Waals surface area contributed by atoms with E-state index in [4.69, 9.17) is 21.9 Å². The molecule has 0 aromatic carbocycles. The van der Waals surface area contributed by atoms with Gasteiger partial charge in [0.2, 0.25) is 0 Å². The van der Waals surface area contributed by atoms with Crippen LogP contribution in [0.5, 0.6) is 0 Å². The van der Waals surface area contributed by atoms with Crippen LogP contribution in [0.4, 0.5) is 0 Å². The number of carbonyl (C=O) groups is 1. The minimum atomic E-state index is -1.41. The summed E-state index contributed by atoms with van der Waals surface area (Å²) in [7, 11) is 0. The predicted octanol–water partition coefficient (Wildman–Crippen LogP) is 0.157. The van der Waals surface area contributed by atoms with Crippen LogP contribution in [-0.2, 0) is 9.53 Å². The van der Waals surface area contributed by atoms with Crippen LogP contribution < -0.4 is 17.2 Å². The Labute approximate surface area is 106 Å². The molecule has 1 fully saturated rings. The lowest BCUT2D eigenvalue weighted by Gasteiger charge is -2.39. The van der Waals surface area contributed by atoms with Crippen LogP contribution in [0.2, 0.25) is 0 Å². The van der Waals surface area contributed by atoms with E-state index in [2.05, 4.69) is 0 Å². The maximum atomic E-state index is 11.6. The van der Waals surface area contributed by atoms with Gasteiger partial charge in [-0.05, 0) is 24.9 Å². The molecule has 0 aromatic heterocycles. The van der Waals surface area contributed by atoms with E-state index >= 15 is 0 Å². The lowest BCUT2D eigenvalue weighted by molar-refractivity contribution is -0.175. The van der Waals surface area contributed by atoms with Gasteiger partial charge in [-0.1, -0.05) is 0 Å². The number of carbonyl (C=O) groups excluding carboxylic acids is 1. The first-order chi connectivity index (χ1) is 6.90. The molecule has 0 bridgehead atoms. The molecule has 1 saturated carbocycles. The standard InChI is InChI=1S/C9H19N3O2S.ClH/c1-15-6-5-9(11,12)7(13)14-8(10)3-2-4-8;/h2-6,10-12H2,1H3;1H. The van der Waals surface area contributed by atoms with Crippen LogP contribution in [0.1, 0.15) is 25.7 Å². The Hall–Kier alpha value is -0.0100. The van der Waals surface area contributed by atoms with Crippen molar-refractivity contribution in [3.63, 3.8) is 0 Å². The first-order valence-corrected chi connectivity index (χ1v) is 6.38. The Bertz CT molecular complexity index is 247. The molecule has 0 aliphatic heterocycles. The molecule has 0 radical (unpaired) electrons. The van der Waals surface area contributed by atoms with Gasteiger partial charge in [0.05, 0.1) is 0 Å². The summed E-state index contributed by atoms with van der Waals surface area (Å²) in [6, 6.07) is 0. The molecule has 1 aliphatic rings. The number of thioether (sulfide) groups is 1. The smallest absolute Gasteiger partial charge is 0.342 e. The Morgan fingerprint density at radius 3 is 2.44 bits per heavy atom. The second kappa shape index (κ2) is 6.07. The molecule has 7 heteroatoms. The van der Waals surface area contributed by atoms with Gasteiger partial charge in [-0.2, -0.15) is 11.8 Å². The molecule has 0 amide bonds. The first kappa shape index (κ1) is 16.0. The van der Waals surface area contributed by atoms with E-state index in [0.29, 0.717) is 19.3 Å². The number of rotatable bonds is 5. The van der Waals surface area contributed by atoms with E-state index in [-0.39, 0.29) is 12.4 Å². The first-order valence-electron chi connectivity index (χ1n) is 4.99. The highest BCUT2D eigenvalue weighted by molar-refractivity contribution is 7.98. The third-order valence-corrected chi connectivity index (χ3v) is 3.21. The zero-order valence-corrected chi connectivity index (χ0v) is 11.0. The van der Waals surface area contributed by atoms with E-state index in [9.17, 15) is 4.79 Å². The van der Waals surface area contributed by atoms with Gasteiger partial charge in [0.25, 0.3) is 0 Å². The fraction of sp³-hybridized carbons (Fsp3) is 0.889. The Kier molecular flexibility index (Phi) is 6.06. The van der Waals surface area contributed by atoms with Crippen LogP contribution in [-0.4, -0.2) is 29.4 Å². The van der Waals surface area contributed by atoms with Crippen LogP contribution in [0.15, 0.2) is 0 Å². The zero-order chi connectivity index (χ0) is 11.5.